The molecule has 1 N–H and O–H groups in total. The van der Waals surface area contributed by atoms with Crippen LogP contribution in [0.2, 0.25) is 0 Å². The third kappa shape index (κ3) is 5.41. The van der Waals surface area contributed by atoms with E-state index in [0.29, 0.717) is 47.1 Å². The first-order chi connectivity index (χ1) is 18.9. The summed E-state index contributed by atoms with van der Waals surface area (Å²) in [5.74, 6) is -2.57. The van der Waals surface area contributed by atoms with Crippen molar-refractivity contribution in [2.75, 3.05) is 26.9 Å². The van der Waals surface area contributed by atoms with Gasteiger partial charge in [0.25, 0.3) is 0 Å². The molecule has 1 aliphatic carbocycles. The maximum atomic E-state index is 14.4. The Morgan fingerprint density at radius 1 is 0.949 bits per heavy atom. The van der Waals surface area contributed by atoms with Gasteiger partial charge in [0.2, 0.25) is 0 Å². The summed E-state index contributed by atoms with van der Waals surface area (Å²) in [4.78, 5) is 41.0. The lowest BCUT2D eigenvalue weighted by Gasteiger charge is -2.39. The van der Waals surface area contributed by atoms with Gasteiger partial charge in [-0.15, -0.1) is 0 Å². The molecule has 0 radical (unpaired) electrons. The molecule has 206 valence electrons. The summed E-state index contributed by atoms with van der Waals surface area (Å²) in [5, 5.41) is 3.32. The number of nitrogens with one attached hydrogen (secondary N) is 1. The van der Waals surface area contributed by atoms with Gasteiger partial charge in [-0.2, -0.15) is 0 Å². The number of carbonyl (C=O) groups is 3. The number of Topliss-reactive ketones (excluding diaryl/α,β-unsaturated/α-hetero) is 1. The Hall–Kier alpha value is -4.07. The van der Waals surface area contributed by atoms with Crippen molar-refractivity contribution in [1.82, 2.24) is 5.32 Å². The summed E-state index contributed by atoms with van der Waals surface area (Å²) in [6.45, 7) is 7.99. The van der Waals surface area contributed by atoms with Crippen molar-refractivity contribution >= 4 is 17.7 Å². The minimum absolute atomic E-state index is 0.140. The SMILES string of the molecule is CCOC(=O)C1=C(C)NC2=C(C(=O)[C@H](C(=O)OCC)[C@H](c3ccccc3OC)C2)[C@@H]1c1ccc(OCC)cc1. The topological polar surface area (TPSA) is 100 Å². The first-order valence-corrected chi connectivity index (χ1v) is 13.3. The van der Waals surface area contributed by atoms with Crippen LogP contribution in [0, 0.1) is 5.92 Å². The van der Waals surface area contributed by atoms with Crippen LogP contribution in [0.25, 0.3) is 0 Å². The van der Waals surface area contributed by atoms with Crippen LogP contribution in [0.5, 0.6) is 11.5 Å². The van der Waals surface area contributed by atoms with E-state index >= 15 is 0 Å². The zero-order valence-electron chi connectivity index (χ0n) is 23.0. The van der Waals surface area contributed by atoms with Crippen molar-refractivity contribution in [1.29, 1.82) is 0 Å². The first-order valence-electron chi connectivity index (χ1n) is 13.3. The van der Waals surface area contributed by atoms with Gasteiger partial charge in [0, 0.05) is 28.8 Å². The highest BCUT2D eigenvalue weighted by Gasteiger charge is 2.49. The zero-order chi connectivity index (χ0) is 28.1. The standard InChI is InChI=1S/C31H35NO7/c1-6-37-20-15-13-19(14-16-20)26-25(30(34)38-7-2)18(4)32-23-17-22(21-11-9-10-12-24(21)36-5)27(29(33)28(23)26)31(35)39-8-3/h9-16,22,26-27,32H,6-8,17H2,1-5H3/t22-,26+,27+/m0/s1. The van der Waals surface area contributed by atoms with Crippen molar-refractivity contribution in [3.63, 3.8) is 0 Å². The van der Waals surface area contributed by atoms with E-state index in [4.69, 9.17) is 18.9 Å². The van der Waals surface area contributed by atoms with E-state index in [1.807, 2.05) is 55.5 Å². The third-order valence-electron chi connectivity index (χ3n) is 7.12. The number of hydrogen-bond donors (Lipinski definition) is 1. The monoisotopic (exact) mass is 533 g/mol. The zero-order valence-corrected chi connectivity index (χ0v) is 23.0. The molecule has 8 nitrogen and oxygen atoms in total. The summed E-state index contributed by atoms with van der Waals surface area (Å²) >= 11 is 0. The van der Waals surface area contributed by atoms with E-state index in [-0.39, 0.29) is 19.0 Å². The fourth-order valence-electron chi connectivity index (χ4n) is 5.54. The highest BCUT2D eigenvalue weighted by atomic mass is 16.5. The van der Waals surface area contributed by atoms with Gasteiger partial charge in [0.05, 0.1) is 32.5 Å². The van der Waals surface area contributed by atoms with Gasteiger partial charge in [-0.25, -0.2) is 4.79 Å². The molecule has 0 unspecified atom stereocenters. The van der Waals surface area contributed by atoms with Gasteiger partial charge in [-0.3, -0.25) is 9.59 Å². The molecule has 0 amide bonds. The normalized spacial score (nSPS) is 20.6. The minimum Gasteiger partial charge on any atom is -0.496 e. The van der Waals surface area contributed by atoms with Crippen molar-refractivity contribution in [2.45, 2.75) is 46.0 Å². The second kappa shape index (κ2) is 12.2. The molecule has 2 aromatic carbocycles. The van der Waals surface area contributed by atoms with Crippen molar-refractivity contribution < 1.29 is 33.3 Å². The number of ether oxygens (including phenoxy) is 4. The molecule has 0 spiro atoms. The van der Waals surface area contributed by atoms with Crippen LogP contribution in [0.1, 0.15) is 57.1 Å². The number of benzene rings is 2. The highest BCUT2D eigenvalue weighted by Crippen LogP contribution is 2.49. The lowest BCUT2D eigenvalue weighted by atomic mass is 9.67. The van der Waals surface area contributed by atoms with Crippen molar-refractivity contribution in [3.05, 3.63) is 82.2 Å². The number of para-hydroxylation sites is 1. The van der Waals surface area contributed by atoms with Crippen LogP contribution in [0.4, 0.5) is 0 Å². The predicted molar refractivity (Wildman–Crippen MR) is 145 cm³/mol. The molecule has 0 bridgehead atoms. The van der Waals surface area contributed by atoms with Crippen LogP contribution in [-0.4, -0.2) is 44.7 Å². The molecule has 0 saturated heterocycles. The Bertz CT molecular complexity index is 1310. The number of methoxy groups -OCH3 is 1. The molecule has 8 heteroatoms. The van der Waals surface area contributed by atoms with Crippen LogP contribution < -0.4 is 14.8 Å². The Labute approximate surface area is 229 Å². The third-order valence-corrected chi connectivity index (χ3v) is 7.12. The molecular formula is C31H35NO7. The summed E-state index contributed by atoms with van der Waals surface area (Å²) < 4.78 is 22.0. The molecule has 0 aromatic heterocycles. The molecule has 0 saturated carbocycles. The molecule has 1 aliphatic heterocycles. The van der Waals surface area contributed by atoms with Crippen LogP contribution in [0.3, 0.4) is 0 Å². The second-order valence-corrected chi connectivity index (χ2v) is 9.36. The summed E-state index contributed by atoms with van der Waals surface area (Å²) in [6.07, 6.45) is 0.353. The molecule has 1 heterocycles. The fraction of sp³-hybridized carbons (Fsp3) is 0.387. The Balaban J connectivity index is 1.90. The van der Waals surface area contributed by atoms with Crippen molar-refractivity contribution in [2.24, 2.45) is 5.92 Å². The number of esters is 2. The average Bonchev–Trinajstić information content (AvgIpc) is 2.93. The lowest BCUT2D eigenvalue weighted by molar-refractivity contribution is -0.152. The van der Waals surface area contributed by atoms with E-state index in [9.17, 15) is 14.4 Å². The maximum absolute atomic E-state index is 14.4. The number of carbonyl (C=O) groups excluding carboxylic acids is 3. The average molecular weight is 534 g/mol. The van der Waals surface area contributed by atoms with Gasteiger partial charge in [0.15, 0.2) is 5.78 Å². The summed E-state index contributed by atoms with van der Waals surface area (Å²) in [6, 6.07) is 14.7. The molecule has 39 heavy (non-hydrogen) atoms. The lowest BCUT2D eigenvalue weighted by Crippen LogP contribution is -2.43. The number of allylic oxidation sites excluding steroid dienone is 3. The van der Waals surface area contributed by atoms with Crippen LogP contribution in [-0.2, 0) is 23.9 Å². The first kappa shape index (κ1) is 28.0. The van der Waals surface area contributed by atoms with E-state index in [2.05, 4.69) is 5.32 Å². The van der Waals surface area contributed by atoms with Gasteiger partial charge in [-0.1, -0.05) is 30.3 Å². The van der Waals surface area contributed by atoms with Gasteiger partial charge in [0.1, 0.15) is 17.4 Å². The summed E-state index contributed by atoms with van der Waals surface area (Å²) in [5.41, 5.74) is 3.45. The predicted octanol–water partition coefficient (Wildman–Crippen LogP) is 4.81. The number of dihydropyridines is 1. The van der Waals surface area contributed by atoms with Gasteiger partial charge < -0.3 is 24.3 Å². The van der Waals surface area contributed by atoms with E-state index in [1.54, 1.807) is 27.9 Å². The van der Waals surface area contributed by atoms with E-state index < -0.39 is 29.7 Å². The Morgan fingerprint density at radius 3 is 2.28 bits per heavy atom. The Kier molecular flexibility index (Phi) is 8.74. The summed E-state index contributed by atoms with van der Waals surface area (Å²) in [7, 11) is 1.56. The second-order valence-electron chi connectivity index (χ2n) is 9.36. The fourth-order valence-corrected chi connectivity index (χ4v) is 5.54. The van der Waals surface area contributed by atoms with E-state index in [1.165, 1.54) is 0 Å². The van der Waals surface area contributed by atoms with Crippen molar-refractivity contribution in [3.8, 4) is 11.5 Å². The largest absolute Gasteiger partial charge is 0.496 e. The molecule has 2 aromatic rings. The number of rotatable bonds is 9. The highest BCUT2D eigenvalue weighted by molar-refractivity contribution is 6.13. The molecule has 0 fully saturated rings. The van der Waals surface area contributed by atoms with Crippen LogP contribution >= 0.6 is 0 Å². The van der Waals surface area contributed by atoms with Crippen LogP contribution in [0.15, 0.2) is 71.1 Å². The van der Waals surface area contributed by atoms with E-state index in [0.717, 1.165) is 11.1 Å². The molecular weight excluding hydrogens is 498 g/mol. The molecule has 4 rings (SSSR count). The molecule has 3 atom stereocenters. The maximum Gasteiger partial charge on any atom is 0.336 e. The minimum atomic E-state index is -1.10. The molecule has 2 aliphatic rings. The quantitative estimate of drug-likeness (QED) is 0.362. The van der Waals surface area contributed by atoms with Gasteiger partial charge in [-0.05, 0) is 63.4 Å². The number of ketones is 1. The smallest absolute Gasteiger partial charge is 0.336 e. The van der Waals surface area contributed by atoms with Gasteiger partial charge >= 0.3 is 11.9 Å². The number of hydrogen-bond acceptors (Lipinski definition) is 8. The Morgan fingerprint density at radius 2 is 1.64 bits per heavy atom.